The molecule has 2 aromatic rings. The maximum absolute atomic E-state index is 12.3. The molecule has 2 aliphatic rings. The van der Waals surface area contributed by atoms with Gasteiger partial charge in [0, 0.05) is 24.4 Å². The lowest BCUT2D eigenvalue weighted by Crippen LogP contribution is -2.40. The molecule has 0 spiro atoms. The number of ether oxygens (including phenoxy) is 2. The number of hydrogen-bond donors (Lipinski definition) is 0. The van der Waals surface area contributed by atoms with Crippen LogP contribution < -0.4 is 4.90 Å². The smallest absolute Gasteiger partial charge is 0.316 e. The first kappa shape index (κ1) is 14.5. The zero-order valence-electron chi connectivity index (χ0n) is 13.4. The summed E-state index contributed by atoms with van der Waals surface area (Å²) in [5, 5.41) is 1.14. The third kappa shape index (κ3) is 2.10. The summed E-state index contributed by atoms with van der Waals surface area (Å²) in [4.78, 5) is 19.4. The van der Waals surface area contributed by atoms with Gasteiger partial charge >= 0.3 is 5.97 Å². The maximum atomic E-state index is 12.3. The Labute approximate surface area is 135 Å². The molecule has 2 aliphatic heterocycles. The molecule has 2 fully saturated rings. The van der Waals surface area contributed by atoms with Crippen LogP contribution in [0.25, 0.3) is 10.9 Å². The zero-order chi connectivity index (χ0) is 16.0. The van der Waals surface area contributed by atoms with Crippen molar-refractivity contribution in [3.63, 3.8) is 0 Å². The molecule has 5 heteroatoms. The van der Waals surface area contributed by atoms with Gasteiger partial charge in [0.2, 0.25) is 0 Å². The molecule has 3 heterocycles. The number of aromatic nitrogens is 1. The SMILES string of the molecule is COC(=O)[C@@]12COC[C@@H]1CN(c1nc3ccccc3cc1C)C2. The van der Waals surface area contributed by atoms with E-state index in [1.54, 1.807) is 0 Å². The molecule has 1 aromatic carbocycles. The first-order valence-corrected chi connectivity index (χ1v) is 7.91. The summed E-state index contributed by atoms with van der Waals surface area (Å²) < 4.78 is 10.6. The molecule has 120 valence electrons. The van der Waals surface area contributed by atoms with Gasteiger partial charge < -0.3 is 14.4 Å². The van der Waals surface area contributed by atoms with Crippen LogP contribution in [0.3, 0.4) is 0 Å². The lowest BCUT2D eigenvalue weighted by Gasteiger charge is -2.25. The molecule has 0 radical (unpaired) electrons. The molecule has 5 nitrogen and oxygen atoms in total. The van der Waals surface area contributed by atoms with Gasteiger partial charge in [0.05, 0.1) is 25.8 Å². The highest BCUT2D eigenvalue weighted by molar-refractivity contribution is 5.83. The van der Waals surface area contributed by atoms with E-state index in [9.17, 15) is 4.79 Å². The molecule has 0 N–H and O–H groups in total. The highest BCUT2D eigenvalue weighted by atomic mass is 16.5. The number of anilines is 1. The van der Waals surface area contributed by atoms with Crippen LogP contribution in [0.2, 0.25) is 0 Å². The van der Waals surface area contributed by atoms with Gasteiger partial charge in [-0.3, -0.25) is 4.79 Å². The van der Waals surface area contributed by atoms with E-state index in [0.29, 0.717) is 19.8 Å². The molecule has 0 aliphatic carbocycles. The van der Waals surface area contributed by atoms with Crippen molar-refractivity contribution in [2.75, 3.05) is 38.3 Å². The number of fused-ring (bicyclic) bond motifs is 2. The Bertz CT molecular complexity index is 776. The second-order valence-electron chi connectivity index (χ2n) is 6.56. The number of aryl methyl sites for hydroxylation is 1. The van der Waals surface area contributed by atoms with Gasteiger partial charge in [0.15, 0.2) is 0 Å². The van der Waals surface area contributed by atoms with Gasteiger partial charge in [0.25, 0.3) is 0 Å². The fraction of sp³-hybridized carbons (Fsp3) is 0.444. The zero-order valence-corrected chi connectivity index (χ0v) is 13.4. The molecule has 0 amide bonds. The average molecular weight is 312 g/mol. The fourth-order valence-electron chi connectivity index (χ4n) is 3.92. The van der Waals surface area contributed by atoms with Crippen LogP contribution in [-0.2, 0) is 14.3 Å². The number of hydrogen-bond acceptors (Lipinski definition) is 5. The number of para-hydroxylation sites is 1. The molecule has 1 aromatic heterocycles. The Hall–Kier alpha value is -2.14. The number of methoxy groups -OCH3 is 1. The third-order valence-corrected chi connectivity index (χ3v) is 5.15. The van der Waals surface area contributed by atoms with E-state index in [0.717, 1.165) is 28.8 Å². The minimum absolute atomic E-state index is 0.166. The van der Waals surface area contributed by atoms with Gasteiger partial charge in [-0.2, -0.15) is 0 Å². The summed E-state index contributed by atoms with van der Waals surface area (Å²) in [6, 6.07) is 10.3. The van der Waals surface area contributed by atoms with Crippen molar-refractivity contribution in [1.29, 1.82) is 0 Å². The molecule has 4 rings (SSSR count). The first-order chi connectivity index (χ1) is 11.1. The normalized spacial score (nSPS) is 26.5. The standard InChI is InChI=1S/C18H20N2O3/c1-12-7-13-5-3-4-6-15(13)19-16(12)20-8-14-9-23-11-18(14,10-20)17(21)22-2/h3-7,14H,8-11H2,1-2H3/t14-,18-/m0/s1. The number of esters is 1. The van der Waals surface area contributed by atoms with Crippen LogP contribution in [0, 0.1) is 18.3 Å². The molecule has 23 heavy (non-hydrogen) atoms. The summed E-state index contributed by atoms with van der Waals surface area (Å²) in [5.74, 6) is 0.963. The van der Waals surface area contributed by atoms with E-state index in [4.69, 9.17) is 14.5 Å². The summed E-state index contributed by atoms with van der Waals surface area (Å²) in [6.45, 7) is 4.51. The highest BCUT2D eigenvalue weighted by Gasteiger charge is 2.57. The molecular formula is C18H20N2O3. The lowest BCUT2D eigenvalue weighted by molar-refractivity contribution is -0.152. The monoisotopic (exact) mass is 312 g/mol. The maximum Gasteiger partial charge on any atom is 0.316 e. The Balaban J connectivity index is 1.72. The van der Waals surface area contributed by atoms with Crippen LogP contribution >= 0.6 is 0 Å². The van der Waals surface area contributed by atoms with Crippen LogP contribution in [0.1, 0.15) is 5.56 Å². The van der Waals surface area contributed by atoms with Crippen LogP contribution in [0.4, 0.5) is 5.82 Å². The van der Waals surface area contributed by atoms with E-state index in [-0.39, 0.29) is 11.9 Å². The minimum atomic E-state index is -0.547. The largest absolute Gasteiger partial charge is 0.468 e. The van der Waals surface area contributed by atoms with Crippen molar-refractivity contribution >= 4 is 22.7 Å². The topological polar surface area (TPSA) is 51.7 Å². The number of rotatable bonds is 2. The second kappa shape index (κ2) is 5.20. The predicted molar refractivity (Wildman–Crippen MR) is 87.5 cm³/mol. The summed E-state index contributed by atoms with van der Waals surface area (Å²) >= 11 is 0. The van der Waals surface area contributed by atoms with Gasteiger partial charge in [-0.05, 0) is 24.6 Å². The fourth-order valence-corrected chi connectivity index (χ4v) is 3.92. The van der Waals surface area contributed by atoms with E-state index in [2.05, 4.69) is 24.0 Å². The molecule has 2 atom stereocenters. The van der Waals surface area contributed by atoms with E-state index in [1.807, 2.05) is 18.2 Å². The van der Waals surface area contributed by atoms with Crippen molar-refractivity contribution in [2.24, 2.45) is 11.3 Å². The molecule has 0 saturated carbocycles. The van der Waals surface area contributed by atoms with Crippen molar-refractivity contribution in [3.05, 3.63) is 35.9 Å². The lowest BCUT2D eigenvalue weighted by atomic mass is 9.81. The van der Waals surface area contributed by atoms with Gasteiger partial charge in [0.1, 0.15) is 11.2 Å². The molecule has 0 bridgehead atoms. The molecular weight excluding hydrogens is 292 g/mol. The van der Waals surface area contributed by atoms with Crippen molar-refractivity contribution in [2.45, 2.75) is 6.92 Å². The van der Waals surface area contributed by atoms with Crippen LogP contribution in [0.5, 0.6) is 0 Å². The van der Waals surface area contributed by atoms with Crippen LogP contribution in [-0.4, -0.2) is 44.4 Å². The Morgan fingerprint density at radius 3 is 3.09 bits per heavy atom. The Kier molecular flexibility index (Phi) is 3.27. The van der Waals surface area contributed by atoms with Gasteiger partial charge in [-0.25, -0.2) is 4.98 Å². The molecule has 0 unspecified atom stereocenters. The number of carbonyl (C=O) groups is 1. The number of pyridine rings is 1. The molecule has 2 saturated heterocycles. The predicted octanol–water partition coefficient (Wildman–Crippen LogP) is 2.17. The first-order valence-electron chi connectivity index (χ1n) is 7.91. The number of benzene rings is 1. The highest BCUT2D eigenvalue weighted by Crippen LogP contribution is 2.44. The van der Waals surface area contributed by atoms with E-state index >= 15 is 0 Å². The Morgan fingerprint density at radius 2 is 2.26 bits per heavy atom. The van der Waals surface area contributed by atoms with Crippen molar-refractivity contribution in [1.82, 2.24) is 4.98 Å². The Morgan fingerprint density at radius 1 is 1.43 bits per heavy atom. The van der Waals surface area contributed by atoms with Gasteiger partial charge in [-0.15, -0.1) is 0 Å². The number of carbonyl (C=O) groups excluding carboxylic acids is 1. The summed E-state index contributed by atoms with van der Waals surface area (Å²) in [6.07, 6.45) is 0. The summed E-state index contributed by atoms with van der Waals surface area (Å²) in [7, 11) is 1.45. The minimum Gasteiger partial charge on any atom is -0.468 e. The summed E-state index contributed by atoms with van der Waals surface area (Å²) in [5.41, 5.74) is 1.56. The average Bonchev–Trinajstić information content (AvgIpc) is 3.11. The van der Waals surface area contributed by atoms with E-state index in [1.165, 1.54) is 7.11 Å². The van der Waals surface area contributed by atoms with Crippen LogP contribution in [0.15, 0.2) is 30.3 Å². The third-order valence-electron chi connectivity index (χ3n) is 5.15. The van der Waals surface area contributed by atoms with Gasteiger partial charge in [-0.1, -0.05) is 18.2 Å². The second-order valence-corrected chi connectivity index (χ2v) is 6.56. The van der Waals surface area contributed by atoms with Crippen molar-refractivity contribution < 1.29 is 14.3 Å². The quantitative estimate of drug-likeness (QED) is 0.796. The van der Waals surface area contributed by atoms with Crippen molar-refractivity contribution in [3.8, 4) is 0 Å². The van der Waals surface area contributed by atoms with E-state index < -0.39 is 5.41 Å². The number of nitrogens with zero attached hydrogens (tertiary/aromatic N) is 2.